The van der Waals surface area contributed by atoms with Crippen molar-refractivity contribution in [1.82, 2.24) is 19.4 Å². The molecule has 0 atom stereocenters. The van der Waals surface area contributed by atoms with Crippen LogP contribution in [0.5, 0.6) is 0 Å². The van der Waals surface area contributed by atoms with E-state index < -0.39 is 0 Å². The number of amides is 3. The lowest BCUT2D eigenvalue weighted by atomic mass is 10.2. The summed E-state index contributed by atoms with van der Waals surface area (Å²) in [7, 11) is 7.50. The molecule has 0 aliphatic rings. The number of hydrogen-bond donors (Lipinski definition) is 3. The molecule has 3 aromatic rings. The van der Waals surface area contributed by atoms with Crippen molar-refractivity contribution >= 4 is 40.9 Å². The Balaban J connectivity index is 1.47. The van der Waals surface area contributed by atoms with Crippen molar-refractivity contribution < 1.29 is 14.4 Å². The Morgan fingerprint density at radius 3 is 2.13 bits per heavy atom. The zero-order chi connectivity index (χ0) is 27.7. The number of aryl methyl sites for hydroxylation is 3. The van der Waals surface area contributed by atoms with Gasteiger partial charge in [0.15, 0.2) is 0 Å². The summed E-state index contributed by atoms with van der Waals surface area (Å²) in [5, 5.41) is 8.62. The lowest BCUT2D eigenvalue weighted by molar-refractivity contribution is -0.115. The van der Waals surface area contributed by atoms with E-state index in [1.54, 1.807) is 59.5 Å². The molecule has 2 heterocycles. The Morgan fingerprint density at radius 2 is 1.50 bits per heavy atom. The Morgan fingerprint density at radius 1 is 0.895 bits per heavy atom. The summed E-state index contributed by atoms with van der Waals surface area (Å²) >= 11 is 1.71. The molecule has 204 valence electrons. The molecule has 0 spiro atoms. The summed E-state index contributed by atoms with van der Waals surface area (Å²) in [5.74, 6) is 0.961. The first-order valence-electron chi connectivity index (χ1n) is 12.6. The fourth-order valence-electron chi connectivity index (χ4n) is 3.86. The van der Waals surface area contributed by atoms with Crippen molar-refractivity contribution in [3.05, 3.63) is 71.3 Å². The van der Waals surface area contributed by atoms with Crippen molar-refractivity contribution in [3.8, 4) is 0 Å². The SMILES string of the molecule is Cc1ccc(CSCCC(=O)Nc2cc(C(=O)Nc3cc(C(=O)NCCCN(C)C)n(C)c3)n(C)c2)cc1. The van der Waals surface area contributed by atoms with Crippen LogP contribution in [0.3, 0.4) is 0 Å². The van der Waals surface area contributed by atoms with Crippen LogP contribution < -0.4 is 16.0 Å². The van der Waals surface area contributed by atoms with Crippen molar-refractivity contribution in [3.63, 3.8) is 0 Å². The van der Waals surface area contributed by atoms with Crippen molar-refractivity contribution in [2.45, 2.75) is 25.5 Å². The zero-order valence-electron chi connectivity index (χ0n) is 22.8. The van der Waals surface area contributed by atoms with Crippen molar-refractivity contribution in [1.29, 1.82) is 0 Å². The highest BCUT2D eigenvalue weighted by Crippen LogP contribution is 2.19. The molecule has 0 bridgehead atoms. The summed E-state index contributed by atoms with van der Waals surface area (Å²) in [6.45, 7) is 3.53. The fourth-order valence-corrected chi connectivity index (χ4v) is 4.77. The van der Waals surface area contributed by atoms with Gasteiger partial charge in [0, 0.05) is 51.0 Å². The van der Waals surface area contributed by atoms with Gasteiger partial charge in [0.2, 0.25) is 5.91 Å². The second-order valence-corrected chi connectivity index (χ2v) is 10.8. The number of rotatable bonds is 13. The van der Waals surface area contributed by atoms with Gasteiger partial charge in [-0.1, -0.05) is 29.8 Å². The number of nitrogens with one attached hydrogen (secondary N) is 3. The first-order valence-corrected chi connectivity index (χ1v) is 13.8. The van der Waals surface area contributed by atoms with Gasteiger partial charge in [0.25, 0.3) is 11.8 Å². The molecule has 0 saturated carbocycles. The molecule has 10 heteroatoms. The summed E-state index contributed by atoms with van der Waals surface area (Å²) in [6.07, 6.45) is 4.65. The third-order valence-corrected chi connectivity index (χ3v) is 6.98. The number of benzene rings is 1. The van der Waals surface area contributed by atoms with E-state index in [-0.39, 0.29) is 17.7 Å². The Labute approximate surface area is 229 Å². The molecule has 0 saturated heterocycles. The molecule has 0 fully saturated rings. The Hall–Kier alpha value is -3.50. The minimum absolute atomic E-state index is 0.0942. The Bertz CT molecular complexity index is 1250. The Kier molecular flexibility index (Phi) is 10.6. The highest BCUT2D eigenvalue weighted by Gasteiger charge is 2.17. The lowest BCUT2D eigenvalue weighted by Crippen LogP contribution is -2.28. The van der Waals surface area contributed by atoms with Crippen LogP contribution in [0.2, 0.25) is 0 Å². The van der Waals surface area contributed by atoms with E-state index >= 15 is 0 Å². The predicted octanol–water partition coefficient (Wildman–Crippen LogP) is 3.87. The van der Waals surface area contributed by atoms with Gasteiger partial charge in [-0.15, -0.1) is 0 Å². The average molecular weight is 539 g/mol. The first kappa shape index (κ1) is 29.1. The monoisotopic (exact) mass is 538 g/mol. The number of aromatic nitrogens is 2. The van der Waals surface area contributed by atoms with Crippen LogP contribution in [-0.4, -0.2) is 64.7 Å². The van der Waals surface area contributed by atoms with E-state index in [9.17, 15) is 14.4 Å². The van der Waals surface area contributed by atoms with E-state index in [4.69, 9.17) is 0 Å². The molecule has 0 unspecified atom stereocenters. The molecule has 38 heavy (non-hydrogen) atoms. The van der Waals surface area contributed by atoms with Gasteiger partial charge in [-0.05, 0) is 51.7 Å². The molecule has 3 rings (SSSR count). The van der Waals surface area contributed by atoms with Gasteiger partial charge in [-0.3, -0.25) is 14.4 Å². The first-order chi connectivity index (χ1) is 18.1. The van der Waals surface area contributed by atoms with E-state index in [1.165, 1.54) is 11.1 Å². The molecular formula is C28H38N6O3S. The minimum Gasteiger partial charge on any atom is -0.351 e. The van der Waals surface area contributed by atoms with E-state index in [2.05, 4.69) is 52.0 Å². The normalized spacial score (nSPS) is 11.0. The summed E-state index contributed by atoms with van der Waals surface area (Å²) in [4.78, 5) is 39.9. The molecular weight excluding hydrogens is 500 g/mol. The molecule has 0 aliphatic carbocycles. The number of nitrogens with zero attached hydrogens (tertiary/aromatic N) is 3. The smallest absolute Gasteiger partial charge is 0.272 e. The highest BCUT2D eigenvalue weighted by molar-refractivity contribution is 7.98. The average Bonchev–Trinajstić information content (AvgIpc) is 3.41. The second-order valence-electron chi connectivity index (χ2n) is 9.65. The number of thioether (sulfide) groups is 1. The van der Waals surface area contributed by atoms with E-state index in [0.29, 0.717) is 41.5 Å². The summed E-state index contributed by atoms with van der Waals surface area (Å²) < 4.78 is 3.35. The lowest BCUT2D eigenvalue weighted by Gasteiger charge is -2.10. The third kappa shape index (κ3) is 8.81. The quantitative estimate of drug-likeness (QED) is 0.287. The molecule has 3 N–H and O–H groups in total. The molecule has 9 nitrogen and oxygen atoms in total. The number of carbonyl (C=O) groups excluding carboxylic acids is 3. The van der Waals surface area contributed by atoms with Crippen LogP contribution in [-0.2, 0) is 24.6 Å². The largest absolute Gasteiger partial charge is 0.351 e. The maximum atomic E-state index is 12.9. The summed E-state index contributed by atoms with van der Waals surface area (Å²) in [6, 6.07) is 11.7. The van der Waals surface area contributed by atoms with Crippen LogP contribution in [0, 0.1) is 6.92 Å². The topological polar surface area (TPSA) is 100 Å². The predicted molar refractivity (Wildman–Crippen MR) is 155 cm³/mol. The minimum atomic E-state index is -0.329. The van der Waals surface area contributed by atoms with Crippen LogP contribution in [0.1, 0.15) is 44.9 Å². The van der Waals surface area contributed by atoms with Gasteiger partial charge in [-0.2, -0.15) is 11.8 Å². The fraction of sp³-hybridized carbons (Fsp3) is 0.393. The van der Waals surface area contributed by atoms with Gasteiger partial charge >= 0.3 is 0 Å². The van der Waals surface area contributed by atoms with E-state index in [0.717, 1.165) is 18.7 Å². The van der Waals surface area contributed by atoms with E-state index in [1.807, 2.05) is 14.1 Å². The molecule has 2 aromatic heterocycles. The summed E-state index contributed by atoms with van der Waals surface area (Å²) in [5.41, 5.74) is 4.42. The van der Waals surface area contributed by atoms with Crippen LogP contribution in [0.15, 0.2) is 48.8 Å². The third-order valence-electron chi connectivity index (χ3n) is 5.95. The zero-order valence-corrected chi connectivity index (χ0v) is 23.7. The second kappa shape index (κ2) is 13.9. The molecule has 0 radical (unpaired) electrons. The van der Waals surface area contributed by atoms with Crippen LogP contribution in [0.4, 0.5) is 11.4 Å². The maximum absolute atomic E-state index is 12.9. The molecule has 0 aliphatic heterocycles. The number of carbonyl (C=O) groups is 3. The van der Waals surface area contributed by atoms with Gasteiger partial charge < -0.3 is 30.0 Å². The van der Waals surface area contributed by atoms with Crippen LogP contribution in [0.25, 0.3) is 0 Å². The highest BCUT2D eigenvalue weighted by atomic mass is 32.2. The van der Waals surface area contributed by atoms with Crippen molar-refractivity contribution in [2.75, 3.05) is 43.6 Å². The number of anilines is 2. The molecule has 1 aromatic carbocycles. The van der Waals surface area contributed by atoms with Gasteiger partial charge in [0.05, 0.1) is 11.4 Å². The van der Waals surface area contributed by atoms with Crippen LogP contribution >= 0.6 is 11.8 Å². The van der Waals surface area contributed by atoms with Gasteiger partial charge in [-0.25, -0.2) is 0 Å². The maximum Gasteiger partial charge on any atom is 0.272 e. The molecule has 3 amide bonds. The van der Waals surface area contributed by atoms with Gasteiger partial charge in [0.1, 0.15) is 11.4 Å². The standard InChI is InChI=1S/C28H38N6O3S/c1-20-7-9-21(10-8-20)19-38-14-11-26(35)30-22-15-25(34(5)17-22)28(37)31-23-16-24(33(4)18-23)27(36)29-12-6-13-32(2)3/h7-10,15-18H,6,11-14,19H2,1-5H3,(H,29,36)(H,30,35)(H,31,37). The van der Waals surface area contributed by atoms with Crippen molar-refractivity contribution in [2.24, 2.45) is 14.1 Å². The number of hydrogen-bond acceptors (Lipinski definition) is 5.